The van der Waals surface area contributed by atoms with Gasteiger partial charge in [-0.2, -0.15) is 0 Å². The lowest BCUT2D eigenvalue weighted by atomic mass is 9.73. The fourth-order valence-corrected chi connectivity index (χ4v) is 21.2. The lowest BCUT2D eigenvalue weighted by molar-refractivity contribution is 0.102. The number of fused-ring (bicyclic) bond motifs is 10. The molecule has 0 unspecified atom stereocenters. The van der Waals surface area contributed by atoms with Gasteiger partial charge in [0.25, 0.3) is 0 Å². The van der Waals surface area contributed by atoms with E-state index in [0.29, 0.717) is 5.56 Å². The molecule has 398 valence electrons. The largest absolute Gasteiger partial charge is 0.307 e. The summed E-state index contributed by atoms with van der Waals surface area (Å²) < 4.78 is 62.3. The van der Waals surface area contributed by atoms with Gasteiger partial charge in [-0.15, -0.1) is 45.3 Å². The Hall–Kier alpha value is -8.08. The Bertz CT molecular complexity index is 5060. The second-order valence-corrected chi connectivity index (χ2v) is 30.0. The van der Waals surface area contributed by atoms with Gasteiger partial charge in [-0.1, -0.05) is 119 Å². The van der Waals surface area contributed by atoms with E-state index in [1.807, 2.05) is 41.8 Å². The summed E-state index contributed by atoms with van der Waals surface area (Å²) in [6.07, 6.45) is 0. The number of anilines is 6. The maximum absolute atomic E-state index is 15.1. The Morgan fingerprint density at radius 3 is 1.54 bits per heavy atom. The highest BCUT2D eigenvalue weighted by atomic mass is 32.2. The molecule has 0 saturated carbocycles. The highest BCUT2D eigenvalue weighted by Crippen LogP contribution is 2.60. The van der Waals surface area contributed by atoms with Crippen LogP contribution < -0.4 is 9.80 Å². The van der Waals surface area contributed by atoms with Crippen LogP contribution in [-0.4, -0.2) is 28.4 Å². The summed E-state index contributed by atoms with van der Waals surface area (Å²) in [6, 6.07) is 57.8. The van der Waals surface area contributed by atoms with Crippen LogP contribution in [0.4, 0.5) is 33.4 Å². The van der Waals surface area contributed by atoms with Gasteiger partial charge in [-0.05, 0) is 146 Å². The quantitative estimate of drug-likeness (QED) is 0.168. The summed E-state index contributed by atoms with van der Waals surface area (Å²) >= 11 is 6.56. The lowest BCUT2D eigenvalue weighted by Crippen LogP contribution is -2.30. The van der Waals surface area contributed by atoms with Crippen molar-refractivity contribution >= 4 is 129 Å². The van der Waals surface area contributed by atoms with E-state index in [1.165, 1.54) is 17.2 Å². The molecular formula is C68H44N2O6S6. The number of carbonyl (C=O) groups is 2. The summed E-state index contributed by atoms with van der Waals surface area (Å²) in [5, 5.41) is 5.07. The molecule has 0 bridgehead atoms. The molecule has 4 aromatic heterocycles. The summed E-state index contributed by atoms with van der Waals surface area (Å²) in [7, 11) is -8.12. The van der Waals surface area contributed by atoms with Crippen LogP contribution in [0.15, 0.2) is 212 Å². The van der Waals surface area contributed by atoms with Gasteiger partial charge in [0.2, 0.25) is 19.7 Å². The molecule has 0 spiro atoms. The average Bonchev–Trinajstić information content (AvgIpc) is 2.16. The van der Waals surface area contributed by atoms with Crippen molar-refractivity contribution in [2.45, 2.75) is 58.1 Å². The number of benzene rings is 8. The van der Waals surface area contributed by atoms with E-state index in [-0.39, 0.29) is 58.8 Å². The third-order valence-electron chi connectivity index (χ3n) is 17.2. The first-order chi connectivity index (χ1) is 39.5. The molecule has 0 aliphatic carbocycles. The Balaban J connectivity index is 0.791. The predicted molar refractivity (Wildman–Crippen MR) is 334 cm³/mol. The molecule has 8 heterocycles. The standard InChI is InChI=1S/C68H44N2O6S6/c1-67(2)45-14-6-9-17-49(45)69(50-18-10-7-15-46(50)67)60-63(79-54-30-32-78-65(54)60)40-24-28-57-44(34-40)62(72)42-25-21-38(36-58(42)82(57,75)76)37-22-26-52-48(35-37)68(3,4)47-16-8-11-19-51(47)70(52)66-59(64-53(80-66)29-31-77-64)39-23-27-56-43(33-39)61(71)41-13-5-12-20-55(41)81(56,73)74/h5-36H,1-4H3. The smallest absolute Gasteiger partial charge is 0.208 e. The number of hydrogen-bond acceptors (Lipinski definition) is 12. The second kappa shape index (κ2) is 17.2. The van der Waals surface area contributed by atoms with Crippen LogP contribution in [0.25, 0.3) is 51.5 Å². The normalized spacial score (nSPS) is 16.4. The molecule has 4 aliphatic rings. The Labute approximate surface area is 489 Å². The number of para-hydroxylation sites is 3. The first-order valence-corrected chi connectivity index (χ1v) is 33.0. The van der Waals surface area contributed by atoms with Crippen molar-refractivity contribution in [3.63, 3.8) is 0 Å². The van der Waals surface area contributed by atoms with E-state index in [4.69, 9.17) is 0 Å². The molecule has 0 radical (unpaired) electrons. The summed E-state index contributed by atoms with van der Waals surface area (Å²) in [6.45, 7) is 8.92. The first kappa shape index (κ1) is 49.7. The zero-order valence-electron chi connectivity index (χ0n) is 44.3. The van der Waals surface area contributed by atoms with Crippen LogP contribution in [0.3, 0.4) is 0 Å². The van der Waals surface area contributed by atoms with E-state index in [9.17, 15) is 18.0 Å². The third kappa shape index (κ3) is 6.73. The number of nitrogens with zero attached hydrogens (tertiary/aromatic N) is 2. The molecule has 0 N–H and O–H groups in total. The van der Waals surface area contributed by atoms with Crippen molar-refractivity contribution in [2.75, 3.05) is 9.80 Å². The van der Waals surface area contributed by atoms with Crippen molar-refractivity contribution in [1.29, 1.82) is 0 Å². The maximum Gasteiger partial charge on any atom is 0.208 e. The number of sulfone groups is 2. The van der Waals surface area contributed by atoms with E-state index in [1.54, 1.807) is 99.9 Å². The summed E-state index contributed by atoms with van der Waals surface area (Å²) in [5.74, 6) is -0.676. The maximum atomic E-state index is 15.1. The molecule has 0 atom stereocenters. The van der Waals surface area contributed by atoms with Crippen LogP contribution in [-0.2, 0) is 30.5 Å². The van der Waals surface area contributed by atoms with E-state index in [2.05, 4.69) is 128 Å². The lowest BCUT2D eigenvalue weighted by Gasteiger charge is -2.42. The minimum absolute atomic E-state index is 0.00103. The molecular weight excluding hydrogens is 1130 g/mol. The molecule has 82 heavy (non-hydrogen) atoms. The molecule has 8 nitrogen and oxygen atoms in total. The Kier molecular flexibility index (Phi) is 10.5. The number of hydrogen-bond donors (Lipinski definition) is 0. The Morgan fingerprint density at radius 2 is 0.866 bits per heavy atom. The number of thiophene rings is 4. The second-order valence-electron chi connectivity index (χ2n) is 22.3. The van der Waals surface area contributed by atoms with Crippen LogP contribution in [0.2, 0.25) is 0 Å². The van der Waals surface area contributed by atoms with Crippen molar-refractivity contribution < 1.29 is 26.4 Å². The van der Waals surface area contributed by atoms with E-state index in [0.717, 1.165) is 90.5 Å². The van der Waals surface area contributed by atoms with Crippen LogP contribution in [0.1, 0.15) is 81.8 Å². The monoisotopic (exact) mass is 1180 g/mol. The predicted octanol–water partition coefficient (Wildman–Crippen LogP) is 18.2. The van der Waals surface area contributed by atoms with Gasteiger partial charge in [0, 0.05) is 48.0 Å². The fraction of sp³-hybridized carbons (Fsp3) is 0.0882. The zero-order valence-corrected chi connectivity index (χ0v) is 49.2. The average molecular weight is 1180 g/mol. The fourth-order valence-electron chi connectivity index (χ4n) is 13.2. The molecule has 16 rings (SSSR count). The number of ketones is 2. The SMILES string of the molecule is CC1(C)c2ccccc2N(c2sc3ccsc3c2-c2ccc3c(c2)C(=O)c2ccccc2S3(=O)=O)c2ccc(-c3ccc4c(c3)S(=O)(=O)c3ccc(-c5sc6ccsc6c5N5c6ccccc6C(C)(C)c6ccccc65)cc3C4=O)cc21. The van der Waals surface area contributed by atoms with Crippen LogP contribution in [0, 0.1) is 0 Å². The molecule has 0 saturated heterocycles. The van der Waals surface area contributed by atoms with Crippen molar-refractivity contribution in [2.24, 2.45) is 0 Å². The van der Waals surface area contributed by atoms with Gasteiger partial charge in [0.1, 0.15) is 5.00 Å². The molecule has 14 heteroatoms. The van der Waals surface area contributed by atoms with E-state index < -0.39 is 25.1 Å². The molecule has 4 aliphatic heterocycles. The first-order valence-electron chi connectivity index (χ1n) is 26.7. The van der Waals surface area contributed by atoms with Crippen molar-refractivity contribution in [3.05, 3.63) is 237 Å². The van der Waals surface area contributed by atoms with Gasteiger partial charge in [0.15, 0.2) is 11.6 Å². The van der Waals surface area contributed by atoms with Gasteiger partial charge in [-0.25, -0.2) is 16.8 Å². The minimum Gasteiger partial charge on any atom is -0.307 e. The summed E-state index contributed by atoms with van der Waals surface area (Å²) in [5.41, 5.74) is 13.2. The Morgan fingerprint density at radius 1 is 0.390 bits per heavy atom. The molecule has 8 aromatic carbocycles. The zero-order chi connectivity index (χ0) is 55.9. The number of carbonyl (C=O) groups excluding carboxylic acids is 2. The minimum atomic E-state index is -4.18. The summed E-state index contributed by atoms with van der Waals surface area (Å²) in [4.78, 5) is 34.6. The van der Waals surface area contributed by atoms with Gasteiger partial charge < -0.3 is 9.80 Å². The highest BCUT2D eigenvalue weighted by Gasteiger charge is 2.43. The van der Waals surface area contributed by atoms with Gasteiger partial charge in [-0.3, -0.25) is 9.59 Å². The van der Waals surface area contributed by atoms with Crippen LogP contribution in [0.5, 0.6) is 0 Å². The molecule has 0 amide bonds. The van der Waals surface area contributed by atoms with Gasteiger partial charge >= 0.3 is 0 Å². The topological polar surface area (TPSA) is 109 Å². The molecule has 12 aromatic rings. The van der Waals surface area contributed by atoms with Crippen LogP contribution >= 0.6 is 45.3 Å². The van der Waals surface area contributed by atoms with E-state index >= 15 is 8.42 Å². The molecule has 0 fully saturated rings. The highest BCUT2D eigenvalue weighted by molar-refractivity contribution is 7.92. The van der Waals surface area contributed by atoms with Crippen molar-refractivity contribution in [3.8, 4) is 32.7 Å². The third-order valence-corrected chi connectivity index (χ3v) is 25.4. The number of rotatable bonds is 5. The van der Waals surface area contributed by atoms with Gasteiger partial charge in [0.05, 0.1) is 62.3 Å². The van der Waals surface area contributed by atoms with Crippen molar-refractivity contribution in [1.82, 2.24) is 0 Å².